The SMILES string of the molecule is Nc1nc(NCC2CCCO2)nc(-n2cncn2)n1. The summed E-state index contributed by atoms with van der Waals surface area (Å²) in [6.45, 7) is 1.47. The third kappa shape index (κ3) is 2.76. The fourth-order valence-electron chi connectivity index (χ4n) is 1.88. The lowest BCUT2D eigenvalue weighted by Gasteiger charge is -2.11. The van der Waals surface area contributed by atoms with Crippen LogP contribution in [0.5, 0.6) is 0 Å². The van der Waals surface area contributed by atoms with Crippen molar-refractivity contribution in [3.05, 3.63) is 12.7 Å². The van der Waals surface area contributed by atoms with E-state index in [0.717, 1.165) is 19.4 Å². The van der Waals surface area contributed by atoms with Crippen molar-refractivity contribution < 1.29 is 4.74 Å². The maximum Gasteiger partial charge on any atom is 0.258 e. The molecule has 1 unspecified atom stereocenters. The van der Waals surface area contributed by atoms with Gasteiger partial charge >= 0.3 is 0 Å². The molecule has 0 radical (unpaired) electrons. The predicted molar refractivity (Wildman–Crippen MR) is 66.6 cm³/mol. The van der Waals surface area contributed by atoms with Crippen molar-refractivity contribution in [2.24, 2.45) is 0 Å². The van der Waals surface area contributed by atoms with E-state index in [2.05, 4.69) is 30.4 Å². The summed E-state index contributed by atoms with van der Waals surface area (Å²) in [7, 11) is 0. The van der Waals surface area contributed by atoms with Crippen molar-refractivity contribution in [2.45, 2.75) is 18.9 Å². The molecule has 0 saturated carbocycles. The number of hydrogen-bond acceptors (Lipinski definition) is 8. The van der Waals surface area contributed by atoms with E-state index in [1.54, 1.807) is 0 Å². The van der Waals surface area contributed by atoms with Crippen molar-refractivity contribution in [1.29, 1.82) is 0 Å². The zero-order chi connectivity index (χ0) is 13.1. The van der Waals surface area contributed by atoms with Crippen LogP contribution >= 0.6 is 0 Å². The second-order valence-electron chi connectivity index (χ2n) is 4.17. The Hall–Kier alpha value is -2.29. The molecule has 0 aromatic carbocycles. The van der Waals surface area contributed by atoms with Gasteiger partial charge in [-0.1, -0.05) is 0 Å². The Morgan fingerprint density at radius 3 is 3.11 bits per heavy atom. The lowest BCUT2D eigenvalue weighted by molar-refractivity contribution is 0.120. The molecule has 0 spiro atoms. The van der Waals surface area contributed by atoms with Crippen LogP contribution in [0.15, 0.2) is 12.7 Å². The zero-order valence-corrected chi connectivity index (χ0v) is 10.2. The highest BCUT2D eigenvalue weighted by Gasteiger charge is 2.16. The molecule has 1 aliphatic heterocycles. The normalized spacial score (nSPS) is 18.6. The van der Waals surface area contributed by atoms with E-state index in [1.165, 1.54) is 17.3 Å². The maximum atomic E-state index is 5.65. The van der Waals surface area contributed by atoms with Crippen LogP contribution in [0.1, 0.15) is 12.8 Å². The molecule has 0 amide bonds. The van der Waals surface area contributed by atoms with E-state index in [0.29, 0.717) is 18.4 Å². The highest BCUT2D eigenvalue weighted by Crippen LogP contribution is 2.13. The van der Waals surface area contributed by atoms with Crippen LogP contribution in [-0.4, -0.2) is 49.0 Å². The van der Waals surface area contributed by atoms with Crippen LogP contribution in [-0.2, 0) is 4.74 Å². The van der Waals surface area contributed by atoms with Crippen LogP contribution in [0.4, 0.5) is 11.9 Å². The van der Waals surface area contributed by atoms with Crippen molar-refractivity contribution in [2.75, 3.05) is 24.2 Å². The zero-order valence-electron chi connectivity index (χ0n) is 10.2. The number of nitrogens with one attached hydrogen (secondary N) is 1. The molecule has 3 rings (SSSR count). The number of nitrogens with two attached hydrogens (primary N) is 1. The third-order valence-corrected chi connectivity index (χ3v) is 2.78. The summed E-state index contributed by atoms with van der Waals surface area (Å²) in [5, 5.41) is 7.05. The first-order chi connectivity index (χ1) is 9.31. The number of anilines is 2. The second-order valence-corrected chi connectivity index (χ2v) is 4.17. The van der Waals surface area contributed by atoms with Gasteiger partial charge in [-0.25, -0.2) is 4.98 Å². The average molecular weight is 262 g/mol. The van der Waals surface area contributed by atoms with E-state index >= 15 is 0 Å². The van der Waals surface area contributed by atoms with Gasteiger partial charge < -0.3 is 15.8 Å². The highest BCUT2D eigenvalue weighted by atomic mass is 16.5. The quantitative estimate of drug-likeness (QED) is 0.766. The maximum absolute atomic E-state index is 5.65. The van der Waals surface area contributed by atoms with Crippen molar-refractivity contribution in [1.82, 2.24) is 29.7 Å². The second kappa shape index (κ2) is 5.14. The van der Waals surface area contributed by atoms with E-state index < -0.39 is 0 Å². The summed E-state index contributed by atoms with van der Waals surface area (Å²) < 4.78 is 6.94. The van der Waals surface area contributed by atoms with Gasteiger partial charge in [0.15, 0.2) is 0 Å². The standard InChI is InChI=1S/C10H14N8O/c11-8-15-9(13-4-7-2-1-3-19-7)17-10(16-8)18-6-12-5-14-18/h5-7H,1-4H2,(H3,11,13,15,16,17). The summed E-state index contributed by atoms with van der Waals surface area (Å²) in [6.07, 6.45) is 5.24. The Morgan fingerprint density at radius 2 is 2.37 bits per heavy atom. The molecular formula is C10H14N8O. The van der Waals surface area contributed by atoms with Gasteiger partial charge in [0.2, 0.25) is 11.9 Å². The summed E-state index contributed by atoms with van der Waals surface area (Å²) in [4.78, 5) is 16.1. The van der Waals surface area contributed by atoms with E-state index in [1.807, 2.05) is 0 Å². The van der Waals surface area contributed by atoms with Crippen LogP contribution in [0.3, 0.4) is 0 Å². The van der Waals surface area contributed by atoms with Crippen molar-refractivity contribution in [3.63, 3.8) is 0 Å². The molecule has 100 valence electrons. The molecule has 3 heterocycles. The lowest BCUT2D eigenvalue weighted by atomic mass is 10.2. The topological polar surface area (TPSA) is 117 Å². The number of ether oxygens (including phenoxy) is 1. The fourth-order valence-corrected chi connectivity index (χ4v) is 1.88. The molecule has 1 aliphatic rings. The van der Waals surface area contributed by atoms with Crippen molar-refractivity contribution >= 4 is 11.9 Å². The summed E-state index contributed by atoms with van der Waals surface area (Å²) in [5.41, 5.74) is 5.65. The molecule has 3 N–H and O–H groups in total. The lowest BCUT2D eigenvalue weighted by Crippen LogP contribution is -2.20. The monoisotopic (exact) mass is 262 g/mol. The Balaban J connectivity index is 1.74. The van der Waals surface area contributed by atoms with Gasteiger partial charge in [0, 0.05) is 13.2 Å². The first-order valence-corrected chi connectivity index (χ1v) is 6.03. The number of rotatable bonds is 4. The summed E-state index contributed by atoms with van der Waals surface area (Å²) >= 11 is 0. The van der Waals surface area contributed by atoms with Gasteiger partial charge in [0.1, 0.15) is 12.7 Å². The van der Waals surface area contributed by atoms with Crippen LogP contribution in [0.2, 0.25) is 0 Å². The first kappa shape index (κ1) is 11.8. The Bertz CT molecular complexity index is 536. The molecule has 9 nitrogen and oxygen atoms in total. The number of aromatic nitrogens is 6. The molecule has 9 heteroatoms. The highest BCUT2D eigenvalue weighted by molar-refractivity contribution is 5.34. The number of nitrogens with zero attached hydrogens (tertiary/aromatic N) is 6. The van der Waals surface area contributed by atoms with Crippen molar-refractivity contribution in [3.8, 4) is 5.95 Å². The van der Waals surface area contributed by atoms with Crippen LogP contribution < -0.4 is 11.1 Å². The van der Waals surface area contributed by atoms with Crippen LogP contribution in [0, 0.1) is 0 Å². The molecular weight excluding hydrogens is 248 g/mol. The summed E-state index contributed by atoms with van der Waals surface area (Å²) in [5.74, 6) is 0.878. The minimum atomic E-state index is 0.135. The number of hydrogen-bond donors (Lipinski definition) is 2. The number of nitrogen functional groups attached to an aromatic ring is 1. The molecule has 1 saturated heterocycles. The van der Waals surface area contributed by atoms with Gasteiger partial charge in [-0.3, -0.25) is 0 Å². The van der Waals surface area contributed by atoms with Gasteiger partial charge in [-0.05, 0) is 12.8 Å². The molecule has 1 fully saturated rings. The first-order valence-electron chi connectivity index (χ1n) is 6.03. The third-order valence-electron chi connectivity index (χ3n) is 2.78. The smallest absolute Gasteiger partial charge is 0.258 e. The molecule has 2 aromatic heterocycles. The van der Waals surface area contributed by atoms with Gasteiger partial charge in [-0.2, -0.15) is 24.7 Å². The molecule has 2 aromatic rings. The summed E-state index contributed by atoms with van der Waals surface area (Å²) in [6, 6.07) is 0. The fraction of sp³-hybridized carbons (Fsp3) is 0.500. The van der Waals surface area contributed by atoms with E-state index in [4.69, 9.17) is 10.5 Å². The molecule has 1 atom stereocenters. The molecule has 19 heavy (non-hydrogen) atoms. The minimum Gasteiger partial charge on any atom is -0.376 e. The average Bonchev–Trinajstić information content (AvgIpc) is 3.09. The van der Waals surface area contributed by atoms with E-state index in [9.17, 15) is 0 Å². The largest absolute Gasteiger partial charge is 0.376 e. The molecule has 0 aliphatic carbocycles. The van der Waals surface area contributed by atoms with E-state index in [-0.39, 0.29) is 12.1 Å². The van der Waals surface area contributed by atoms with Gasteiger partial charge in [0.25, 0.3) is 5.95 Å². The minimum absolute atomic E-state index is 0.135. The predicted octanol–water partition coefficient (Wildman–Crippen LogP) is -0.375. The van der Waals surface area contributed by atoms with Gasteiger partial charge in [-0.15, -0.1) is 0 Å². The van der Waals surface area contributed by atoms with Gasteiger partial charge in [0.05, 0.1) is 6.10 Å². The Morgan fingerprint density at radius 1 is 1.42 bits per heavy atom. The van der Waals surface area contributed by atoms with Crippen LogP contribution in [0.25, 0.3) is 5.95 Å². The molecule has 0 bridgehead atoms. The Labute approximate surface area is 109 Å². The Kier molecular flexibility index (Phi) is 3.19.